The van der Waals surface area contributed by atoms with Crippen molar-refractivity contribution in [1.82, 2.24) is 4.98 Å². The number of rotatable bonds is 11. The molecule has 0 radical (unpaired) electrons. The summed E-state index contributed by atoms with van der Waals surface area (Å²) in [6, 6.07) is 12.0. The van der Waals surface area contributed by atoms with E-state index in [2.05, 4.69) is 24.1 Å². The summed E-state index contributed by atoms with van der Waals surface area (Å²) in [6.07, 6.45) is 7.57. The first-order valence-corrected chi connectivity index (χ1v) is 9.73. The van der Waals surface area contributed by atoms with Crippen molar-refractivity contribution in [1.29, 1.82) is 5.41 Å². The first kappa shape index (κ1) is 20.0. The minimum atomic E-state index is 0.399. The fourth-order valence-electron chi connectivity index (χ4n) is 3.07. The zero-order valence-electron chi connectivity index (χ0n) is 16.2. The summed E-state index contributed by atoms with van der Waals surface area (Å²) in [5, 5.41) is 12.3. The molecule has 1 unspecified atom stereocenters. The van der Waals surface area contributed by atoms with Gasteiger partial charge < -0.3 is 10.1 Å². The van der Waals surface area contributed by atoms with E-state index >= 15 is 0 Å². The molecule has 0 fully saturated rings. The van der Waals surface area contributed by atoms with Gasteiger partial charge >= 0.3 is 0 Å². The second-order valence-electron chi connectivity index (χ2n) is 6.51. The highest BCUT2D eigenvalue weighted by Crippen LogP contribution is 2.22. The molecule has 1 heterocycles. The van der Waals surface area contributed by atoms with E-state index in [-0.39, 0.29) is 0 Å². The normalized spacial score (nSPS) is 11.8. The molecule has 0 aliphatic heterocycles. The van der Waals surface area contributed by atoms with Gasteiger partial charge in [-0.25, -0.2) is 4.98 Å². The lowest BCUT2D eigenvalue weighted by atomic mass is 10.0. The van der Waals surface area contributed by atoms with Gasteiger partial charge in [0.2, 0.25) is 0 Å². The molecule has 1 aromatic heterocycles. The zero-order valence-corrected chi connectivity index (χ0v) is 16.2. The maximum atomic E-state index is 8.69. The Hall–Kier alpha value is -2.36. The molecule has 2 aromatic rings. The van der Waals surface area contributed by atoms with E-state index in [0.29, 0.717) is 18.4 Å². The monoisotopic (exact) mass is 353 g/mol. The molecule has 0 bridgehead atoms. The van der Waals surface area contributed by atoms with Gasteiger partial charge in [0.05, 0.1) is 12.3 Å². The number of pyridine rings is 1. The minimum Gasteiger partial charge on any atom is -0.494 e. The van der Waals surface area contributed by atoms with Crippen LogP contribution < -0.4 is 10.1 Å². The smallest absolute Gasteiger partial charge is 0.135 e. The number of benzene rings is 1. The number of nitrogens with zero attached hydrogens (tertiary/aromatic N) is 1. The Balaban J connectivity index is 2.24. The van der Waals surface area contributed by atoms with Gasteiger partial charge in [-0.15, -0.1) is 0 Å². The van der Waals surface area contributed by atoms with E-state index in [1.165, 1.54) is 12.8 Å². The Kier molecular flexibility index (Phi) is 8.13. The molecule has 1 aromatic carbocycles. The average Bonchev–Trinajstić information content (AvgIpc) is 2.66. The third kappa shape index (κ3) is 5.58. The maximum absolute atomic E-state index is 8.69. The summed E-state index contributed by atoms with van der Waals surface area (Å²) in [4.78, 5) is 4.53. The molecule has 4 heteroatoms. The standard InChI is InChI=1S/C22H31N3O/c1-4-7-12-18(10-5-2)25-22-20(14-9-15-24-22)21(23)17-11-8-13-19(16-17)26-6-3/h8-9,11,13-16,18,23H,4-7,10,12H2,1-3H3,(H,24,25). The third-order valence-electron chi connectivity index (χ3n) is 4.39. The van der Waals surface area contributed by atoms with E-state index in [0.717, 1.165) is 42.0 Å². The first-order chi connectivity index (χ1) is 12.7. The number of hydrogen-bond donors (Lipinski definition) is 2. The van der Waals surface area contributed by atoms with Crippen LogP contribution in [0.2, 0.25) is 0 Å². The van der Waals surface area contributed by atoms with Gasteiger partial charge in [-0.1, -0.05) is 45.2 Å². The van der Waals surface area contributed by atoms with Crippen LogP contribution >= 0.6 is 0 Å². The van der Waals surface area contributed by atoms with Crippen molar-refractivity contribution in [3.8, 4) is 5.75 Å². The van der Waals surface area contributed by atoms with Gasteiger partial charge in [0.15, 0.2) is 0 Å². The molecule has 0 saturated heterocycles. The molecule has 0 aliphatic carbocycles. The number of ether oxygens (including phenoxy) is 1. The Morgan fingerprint density at radius 2 is 1.96 bits per heavy atom. The van der Waals surface area contributed by atoms with Crippen LogP contribution in [0.1, 0.15) is 64.0 Å². The van der Waals surface area contributed by atoms with E-state index in [1.807, 2.05) is 43.3 Å². The topological polar surface area (TPSA) is 58.0 Å². The first-order valence-electron chi connectivity index (χ1n) is 9.73. The number of aromatic nitrogens is 1. The molecule has 2 rings (SSSR count). The van der Waals surface area contributed by atoms with Crippen LogP contribution in [0.15, 0.2) is 42.6 Å². The third-order valence-corrected chi connectivity index (χ3v) is 4.39. The van der Waals surface area contributed by atoms with Crippen LogP contribution in [-0.4, -0.2) is 23.3 Å². The van der Waals surface area contributed by atoms with Crippen LogP contribution in [0.25, 0.3) is 0 Å². The van der Waals surface area contributed by atoms with Gasteiger partial charge in [0, 0.05) is 23.4 Å². The van der Waals surface area contributed by atoms with E-state index in [4.69, 9.17) is 10.1 Å². The van der Waals surface area contributed by atoms with Crippen molar-refractivity contribution < 1.29 is 4.74 Å². The molecule has 26 heavy (non-hydrogen) atoms. The highest BCUT2D eigenvalue weighted by molar-refractivity contribution is 6.13. The average molecular weight is 354 g/mol. The summed E-state index contributed by atoms with van der Waals surface area (Å²) in [5.41, 5.74) is 2.14. The number of anilines is 1. The molecule has 0 aliphatic rings. The fourth-order valence-corrected chi connectivity index (χ4v) is 3.07. The summed E-state index contributed by atoms with van der Waals surface area (Å²) < 4.78 is 5.58. The minimum absolute atomic E-state index is 0.399. The van der Waals surface area contributed by atoms with Crippen molar-refractivity contribution in [2.45, 2.75) is 58.9 Å². The molecular weight excluding hydrogens is 322 g/mol. The van der Waals surface area contributed by atoms with E-state index in [1.54, 1.807) is 6.20 Å². The number of unbranched alkanes of at least 4 members (excludes halogenated alkanes) is 1. The lowest BCUT2D eigenvalue weighted by molar-refractivity contribution is 0.340. The van der Waals surface area contributed by atoms with Gasteiger partial charge in [-0.3, -0.25) is 5.41 Å². The van der Waals surface area contributed by atoms with Gasteiger partial charge in [-0.2, -0.15) is 0 Å². The van der Waals surface area contributed by atoms with Gasteiger partial charge in [-0.05, 0) is 44.0 Å². The highest BCUT2D eigenvalue weighted by atomic mass is 16.5. The lowest BCUT2D eigenvalue weighted by Crippen LogP contribution is -2.22. The second kappa shape index (κ2) is 10.6. The molecule has 1 atom stereocenters. The van der Waals surface area contributed by atoms with Crippen LogP contribution in [0.4, 0.5) is 5.82 Å². The predicted octanol–water partition coefficient (Wildman–Crippen LogP) is 5.67. The molecule has 4 nitrogen and oxygen atoms in total. The predicted molar refractivity (Wildman–Crippen MR) is 110 cm³/mol. The van der Waals surface area contributed by atoms with Crippen molar-refractivity contribution in [2.75, 3.05) is 11.9 Å². The number of nitrogens with one attached hydrogen (secondary N) is 2. The number of hydrogen-bond acceptors (Lipinski definition) is 4. The van der Waals surface area contributed by atoms with Crippen LogP contribution in [0, 0.1) is 5.41 Å². The van der Waals surface area contributed by atoms with Crippen molar-refractivity contribution in [3.05, 3.63) is 53.7 Å². The molecule has 0 amide bonds. The largest absolute Gasteiger partial charge is 0.494 e. The Morgan fingerprint density at radius 1 is 1.12 bits per heavy atom. The highest BCUT2D eigenvalue weighted by Gasteiger charge is 2.15. The summed E-state index contributed by atoms with van der Waals surface area (Å²) in [5.74, 6) is 1.59. The quantitative estimate of drug-likeness (QED) is 0.512. The maximum Gasteiger partial charge on any atom is 0.135 e. The summed E-state index contributed by atoms with van der Waals surface area (Å²) in [6.45, 7) is 7.01. The van der Waals surface area contributed by atoms with Crippen molar-refractivity contribution in [2.24, 2.45) is 0 Å². The summed E-state index contributed by atoms with van der Waals surface area (Å²) >= 11 is 0. The Labute approximate surface area is 157 Å². The molecular formula is C22H31N3O. The van der Waals surface area contributed by atoms with Gasteiger partial charge in [0.25, 0.3) is 0 Å². The van der Waals surface area contributed by atoms with E-state index in [9.17, 15) is 0 Å². The zero-order chi connectivity index (χ0) is 18.8. The molecule has 2 N–H and O–H groups in total. The lowest BCUT2D eigenvalue weighted by Gasteiger charge is -2.20. The molecule has 0 spiro atoms. The van der Waals surface area contributed by atoms with E-state index < -0.39 is 0 Å². The van der Waals surface area contributed by atoms with Gasteiger partial charge in [0.1, 0.15) is 11.6 Å². The summed E-state index contributed by atoms with van der Waals surface area (Å²) in [7, 11) is 0. The fraction of sp³-hybridized carbons (Fsp3) is 0.455. The Morgan fingerprint density at radius 3 is 2.69 bits per heavy atom. The van der Waals surface area contributed by atoms with Crippen LogP contribution in [0.5, 0.6) is 5.75 Å². The second-order valence-corrected chi connectivity index (χ2v) is 6.51. The Bertz CT molecular complexity index is 699. The van der Waals surface area contributed by atoms with Crippen molar-refractivity contribution >= 4 is 11.5 Å². The molecule has 140 valence electrons. The van der Waals surface area contributed by atoms with Crippen LogP contribution in [-0.2, 0) is 0 Å². The van der Waals surface area contributed by atoms with Crippen molar-refractivity contribution in [3.63, 3.8) is 0 Å². The SMILES string of the molecule is CCCCC(CCC)Nc1ncccc1C(=N)c1cccc(OCC)c1. The molecule has 0 saturated carbocycles. The van der Waals surface area contributed by atoms with Crippen LogP contribution in [0.3, 0.4) is 0 Å².